The molecule has 0 bridgehead atoms. The summed E-state index contributed by atoms with van der Waals surface area (Å²) in [6.07, 6.45) is 4.17. The van der Waals surface area contributed by atoms with Crippen molar-refractivity contribution in [2.45, 2.75) is 38.6 Å². The van der Waals surface area contributed by atoms with Crippen LogP contribution in [0.15, 0.2) is 18.2 Å². The second kappa shape index (κ2) is 8.76. The summed E-state index contributed by atoms with van der Waals surface area (Å²) in [4.78, 5) is 28.1. The summed E-state index contributed by atoms with van der Waals surface area (Å²) in [7, 11) is 0. The molecule has 1 amide bonds. The largest absolute Gasteiger partial charge is 0.478 e. The number of amides is 1. The Kier molecular flexibility index (Phi) is 6.39. The Bertz CT molecular complexity index is 866. The number of rotatable bonds is 6. The van der Waals surface area contributed by atoms with Gasteiger partial charge in [-0.2, -0.15) is 0 Å². The molecule has 0 spiro atoms. The van der Waals surface area contributed by atoms with Crippen LogP contribution in [0.25, 0.3) is 10.9 Å². The standard InChI is InChI=1S/C19H20Cl2N2O4/c1-11-6-7-13-14(20)8-15(21)19(18(13)22-11)27-10-17(25)26-9-16(24)23-12-4-2-3-5-12/h6-8,12H,2-5,9-10H2,1H3,(H,23,24). The number of benzene rings is 1. The zero-order valence-electron chi connectivity index (χ0n) is 14.9. The summed E-state index contributed by atoms with van der Waals surface area (Å²) >= 11 is 12.4. The Morgan fingerprint density at radius 2 is 1.93 bits per heavy atom. The van der Waals surface area contributed by atoms with Crippen LogP contribution in [0.5, 0.6) is 5.75 Å². The lowest BCUT2D eigenvalue weighted by atomic mass is 10.2. The molecule has 2 aromatic rings. The summed E-state index contributed by atoms with van der Waals surface area (Å²) in [6, 6.07) is 5.36. The number of aryl methyl sites for hydroxylation is 1. The van der Waals surface area contributed by atoms with E-state index in [1.807, 2.05) is 19.1 Å². The summed E-state index contributed by atoms with van der Waals surface area (Å²) < 4.78 is 10.5. The van der Waals surface area contributed by atoms with E-state index in [4.69, 9.17) is 32.7 Å². The number of aromatic nitrogens is 1. The normalized spacial score (nSPS) is 14.3. The Balaban J connectivity index is 1.58. The van der Waals surface area contributed by atoms with E-state index in [9.17, 15) is 9.59 Å². The number of fused-ring (bicyclic) bond motifs is 1. The van der Waals surface area contributed by atoms with Gasteiger partial charge in [-0.15, -0.1) is 0 Å². The molecule has 0 aliphatic heterocycles. The highest BCUT2D eigenvalue weighted by molar-refractivity contribution is 6.39. The minimum Gasteiger partial charge on any atom is -0.478 e. The number of carbonyl (C=O) groups is 2. The highest BCUT2D eigenvalue weighted by Gasteiger charge is 2.19. The van der Waals surface area contributed by atoms with Gasteiger partial charge in [0, 0.05) is 17.1 Å². The number of hydrogen-bond donors (Lipinski definition) is 1. The summed E-state index contributed by atoms with van der Waals surface area (Å²) in [5, 5.41) is 4.22. The van der Waals surface area contributed by atoms with E-state index in [0.29, 0.717) is 15.9 Å². The van der Waals surface area contributed by atoms with Gasteiger partial charge in [0.15, 0.2) is 19.0 Å². The molecule has 3 rings (SSSR count). The van der Waals surface area contributed by atoms with Crippen LogP contribution in [0.4, 0.5) is 0 Å². The first-order chi connectivity index (χ1) is 12.9. The van der Waals surface area contributed by atoms with Crippen LogP contribution in [0.2, 0.25) is 10.0 Å². The number of nitrogens with zero attached hydrogens (tertiary/aromatic N) is 1. The van der Waals surface area contributed by atoms with E-state index >= 15 is 0 Å². The molecule has 1 aliphatic carbocycles. The van der Waals surface area contributed by atoms with E-state index in [-0.39, 0.29) is 35.9 Å². The van der Waals surface area contributed by atoms with Crippen LogP contribution >= 0.6 is 23.2 Å². The van der Waals surface area contributed by atoms with Gasteiger partial charge in [0.1, 0.15) is 5.52 Å². The summed E-state index contributed by atoms with van der Waals surface area (Å²) in [5.41, 5.74) is 1.23. The van der Waals surface area contributed by atoms with Crippen LogP contribution in [0, 0.1) is 6.92 Å². The Hall–Kier alpha value is -2.05. The van der Waals surface area contributed by atoms with Crippen molar-refractivity contribution in [2.75, 3.05) is 13.2 Å². The highest BCUT2D eigenvalue weighted by atomic mass is 35.5. The molecule has 1 fully saturated rings. The molecule has 144 valence electrons. The second-order valence-corrected chi connectivity index (χ2v) is 7.33. The highest BCUT2D eigenvalue weighted by Crippen LogP contribution is 2.37. The van der Waals surface area contributed by atoms with Gasteiger partial charge in [-0.25, -0.2) is 9.78 Å². The first-order valence-electron chi connectivity index (χ1n) is 8.77. The van der Waals surface area contributed by atoms with Crippen molar-refractivity contribution in [1.82, 2.24) is 10.3 Å². The van der Waals surface area contributed by atoms with Gasteiger partial charge in [0.05, 0.1) is 10.0 Å². The molecule has 27 heavy (non-hydrogen) atoms. The fourth-order valence-corrected chi connectivity index (χ4v) is 3.66. The van der Waals surface area contributed by atoms with Gasteiger partial charge in [0.25, 0.3) is 5.91 Å². The average molecular weight is 411 g/mol. The van der Waals surface area contributed by atoms with Crippen LogP contribution in [0.3, 0.4) is 0 Å². The van der Waals surface area contributed by atoms with Gasteiger partial charge in [-0.05, 0) is 38.0 Å². The average Bonchev–Trinajstić information content (AvgIpc) is 3.12. The number of carbonyl (C=O) groups excluding carboxylic acids is 2. The Morgan fingerprint density at radius 3 is 2.67 bits per heavy atom. The maximum Gasteiger partial charge on any atom is 0.344 e. The molecule has 0 radical (unpaired) electrons. The van der Waals surface area contributed by atoms with Crippen molar-refractivity contribution in [3.63, 3.8) is 0 Å². The lowest BCUT2D eigenvalue weighted by Crippen LogP contribution is -2.36. The molecular formula is C19H20Cl2N2O4. The van der Waals surface area contributed by atoms with Crippen LogP contribution in [-0.4, -0.2) is 36.1 Å². The van der Waals surface area contributed by atoms with E-state index in [2.05, 4.69) is 10.3 Å². The minimum absolute atomic E-state index is 0.181. The molecule has 1 aromatic carbocycles. The Morgan fingerprint density at radius 1 is 1.19 bits per heavy atom. The second-order valence-electron chi connectivity index (χ2n) is 6.52. The smallest absolute Gasteiger partial charge is 0.344 e. The molecule has 1 aromatic heterocycles. The summed E-state index contributed by atoms with van der Waals surface area (Å²) in [5.74, 6) is -0.710. The van der Waals surface area contributed by atoms with Crippen molar-refractivity contribution in [3.05, 3.63) is 33.9 Å². The van der Waals surface area contributed by atoms with Crippen LogP contribution in [0.1, 0.15) is 31.4 Å². The van der Waals surface area contributed by atoms with E-state index in [0.717, 1.165) is 31.4 Å². The van der Waals surface area contributed by atoms with E-state index in [1.165, 1.54) is 6.07 Å². The van der Waals surface area contributed by atoms with Crippen molar-refractivity contribution in [3.8, 4) is 5.75 Å². The van der Waals surface area contributed by atoms with Gasteiger partial charge in [-0.3, -0.25) is 4.79 Å². The van der Waals surface area contributed by atoms with Crippen LogP contribution < -0.4 is 10.1 Å². The molecule has 6 nitrogen and oxygen atoms in total. The third kappa shape index (κ3) is 5.02. The SMILES string of the molecule is Cc1ccc2c(Cl)cc(Cl)c(OCC(=O)OCC(=O)NC3CCCC3)c2n1. The van der Waals surface area contributed by atoms with Crippen LogP contribution in [-0.2, 0) is 14.3 Å². The first-order valence-corrected chi connectivity index (χ1v) is 9.53. The predicted octanol–water partition coefficient (Wildman–Crippen LogP) is 3.83. The Labute approximate surface area is 167 Å². The maximum atomic E-state index is 11.9. The van der Waals surface area contributed by atoms with Gasteiger partial charge in [-0.1, -0.05) is 36.0 Å². The molecule has 8 heteroatoms. The maximum absolute atomic E-state index is 11.9. The third-order valence-electron chi connectivity index (χ3n) is 4.40. The first kappa shape index (κ1) is 19.7. The lowest BCUT2D eigenvalue weighted by molar-refractivity contribution is -0.150. The lowest BCUT2D eigenvalue weighted by Gasteiger charge is -2.13. The molecule has 0 unspecified atom stereocenters. The molecule has 1 aliphatic rings. The number of pyridine rings is 1. The number of halogens is 2. The fraction of sp³-hybridized carbons (Fsp3) is 0.421. The molecule has 0 saturated heterocycles. The van der Waals surface area contributed by atoms with Gasteiger partial charge < -0.3 is 14.8 Å². The fourth-order valence-electron chi connectivity index (χ4n) is 3.09. The topological polar surface area (TPSA) is 77.5 Å². The van der Waals surface area contributed by atoms with Crippen molar-refractivity contribution in [2.24, 2.45) is 0 Å². The monoisotopic (exact) mass is 410 g/mol. The van der Waals surface area contributed by atoms with Gasteiger partial charge >= 0.3 is 5.97 Å². The van der Waals surface area contributed by atoms with Crippen molar-refractivity contribution in [1.29, 1.82) is 0 Å². The number of esters is 1. The molecule has 1 saturated carbocycles. The number of nitrogens with one attached hydrogen (secondary N) is 1. The number of ether oxygens (including phenoxy) is 2. The quantitative estimate of drug-likeness (QED) is 0.732. The van der Waals surface area contributed by atoms with Gasteiger partial charge in [0.2, 0.25) is 0 Å². The predicted molar refractivity (Wildman–Crippen MR) is 103 cm³/mol. The summed E-state index contributed by atoms with van der Waals surface area (Å²) in [6.45, 7) is 1.11. The molecule has 1 N–H and O–H groups in total. The van der Waals surface area contributed by atoms with E-state index in [1.54, 1.807) is 0 Å². The van der Waals surface area contributed by atoms with E-state index < -0.39 is 5.97 Å². The molecular weight excluding hydrogens is 391 g/mol. The van der Waals surface area contributed by atoms with Crippen molar-refractivity contribution >= 4 is 46.0 Å². The minimum atomic E-state index is -0.664. The third-order valence-corrected chi connectivity index (χ3v) is 4.99. The molecule has 0 atom stereocenters. The zero-order chi connectivity index (χ0) is 19.4. The number of hydrogen-bond acceptors (Lipinski definition) is 5. The molecule has 1 heterocycles. The van der Waals surface area contributed by atoms with Crippen molar-refractivity contribution < 1.29 is 19.1 Å². The zero-order valence-corrected chi connectivity index (χ0v) is 16.4.